The van der Waals surface area contributed by atoms with Crippen molar-refractivity contribution in [1.29, 1.82) is 0 Å². The number of nitro groups is 1. The van der Waals surface area contributed by atoms with Crippen molar-refractivity contribution in [3.05, 3.63) is 63.7 Å². The van der Waals surface area contributed by atoms with Gasteiger partial charge in [-0.2, -0.15) is 22.0 Å². The van der Waals surface area contributed by atoms with Crippen molar-refractivity contribution in [2.45, 2.75) is 19.3 Å². The predicted octanol–water partition coefficient (Wildman–Crippen LogP) is 4.83. The van der Waals surface area contributed by atoms with Gasteiger partial charge in [-0.25, -0.2) is 0 Å². The number of hydrogen-bond donors (Lipinski definition) is 1. The third-order valence-electron chi connectivity index (χ3n) is 3.17. The van der Waals surface area contributed by atoms with Crippen LogP contribution < -0.4 is 10.1 Å². The van der Waals surface area contributed by atoms with E-state index in [1.165, 1.54) is 18.2 Å². The number of benzene rings is 2. The molecule has 1 N–H and O–H groups in total. The van der Waals surface area contributed by atoms with E-state index in [4.69, 9.17) is 0 Å². The average molecular weight is 362 g/mol. The van der Waals surface area contributed by atoms with Crippen molar-refractivity contribution >= 4 is 11.4 Å². The van der Waals surface area contributed by atoms with Crippen LogP contribution in [0.1, 0.15) is 11.1 Å². The fourth-order valence-electron chi connectivity index (χ4n) is 2.09. The smallest absolute Gasteiger partial charge is 0.423 e. The fourth-order valence-corrected chi connectivity index (χ4v) is 2.09. The zero-order valence-corrected chi connectivity index (χ0v) is 12.4. The number of para-hydroxylation sites is 1. The summed E-state index contributed by atoms with van der Waals surface area (Å²) in [5.41, 5.74) is -2.24. The molecular weight excluding hydrogens is 351 g/mol. The third-order valence-corrected chi connectivity index (χ3v) is 3.17. The SMILES string of the molecule is O=[N+]([O-])c1ccc(NCc2ccccc2OC(F)F)cc1C(F)(F)F. The average Bonchev–Trinajstić information content (AvgIpc) is 2.52. The maximum Gasteiger partial charge on any atom is 0.423 e. The molecule has 0 spiro atoms. The van der Waals surface area contributed by atoms with Crippen LogP contribution in [0.5, 0.6) is 5.75 Å². The van der Waals surface area contributed by atoms with Crippen molar-refractivity contribution in [2.75, 3.05) is 5.32 Å². The van der Waals surface area contributed by atoms with Crippen molar-refractivity contribution < 1.29 is 31.6 Å². The Morgan fingerprint density at radius 2 is 1.84 bits per heavy atom. The summed E-state index contributed by atoms with van der Waals surface area (Å²) in [5.74, 6) is -0.122. The van der Waals surface area contributed by atoms with Gasteiger partial charge in [0.05, 0.1) is 4.92 Å². The molecule has 25 heavy (non-hydrogen) atoms. The molecule has 0 amide bonds. The Morgan fingerprint density at radius 3 is 2.44 bits per heavy atom. The molecular formula is C15H11F5N2O3. The zero-order chi connectivity index (χ0) is 18.6. The van der Waals surface area contributed by atoms with Crippen molar-refractivity contribution in [3.63, 3.8) is 0 Å². The van der Waals surface area contributed by atoms with Gasteiger partial charge in [0, 0.05) is 23.9 Å². The predicted molar refractivity (Wildman–Crippen MR) is 78.5 cm³/mol. The lowest BCUT2D eigenvalue weighted by molar-refractivity contribution is -0.388. The highest BCUT2D eigenvalue weighted by Crippen LogP contribution is 2.37. The summed E-state index contributed by atoms with van der Waals surface area (Å²) in [6.45, 7) is -3.16. The van der Waals surface area contributed by atoms with Crippen LogP contribution in [0.15, 0.2) is 42.5 Å². The first-order valence-electron chi connectivity index (χ1n) is 6.80. The van der Waals surface area contributed by atoms with Crippen LogP contribution in [0.2, 0.25) is 0 Å². The number of rotatable bonds is 6. The van der Waals surface area contributed by atoms with Crippen LogP contribution >= 0.6 is 0 Å². The minimum atomic E-state index is -4.91. The van der Waals surface area contributed by atoms with E-state index in [0.717, 1.165) is 12.1 Å². The number of alkyl halides is 5. The van der Waals surface area contributed by atoms with E-state index in [0.29, 0.717) is 6.07 Å². The van der Waals surface area contributed by atoms with Gasteiger partial charge in [0.25, 0.3) is 5.69 Å². The fraction of sp³-hybridized carbons (Fsp3) is 0.200. The highest BCUT2D eigenvalue weighted by molar-refractivity contribution is 5.55. The number of nitrogens with one attached hydrogen (secondary N) is 1. The molecule has 5 nitrogen and oxygen atoms in total. The molecule has 10 heteroatoms. The minimum Gasteiger partial charge on any atom is -0.434 e. The molecule has 0 saturated heterocycles. The number of ether oxygens (including phenoxy) is 1. The Morgan fingerprint density at radius 1 is 1.16 bits per heavy atom. The van der Waals surface area contributed by atoms with E-state index in [1.54, 1.807) is 6.07 Å². The van der Waals surface area contributed by atoms with Gasteiger partial charge in [-0.1, -0.05) is 18.2 Å². The van der Waals surface area contributed by atoms with Gasteiger partial charge in [0.15, 0.2) is 0 Å². The normalized spacial score (nSPS) is 11.4. The third kappa shape index (κ3) is 4.78. The van der Waals surface area contributed by atoms with Crippen LogP contribution in [0.3, 0.4) is 0 Å². The number of anilines is 1. The Kier molecular flexibility index (Phi) is 5.40. The second-order valence-electron chi connectivity index (χ2n) is 4.83. The topological polar surface area (TPSA) is 64.4 Å². The molecule has 0 aromatic heterocycles. The minimum absolute atomic E-state index is 0.0511. The standard InChI is InChI=1S/C15H11F5N2O3/c16-14(17)25-13-4-2-1-3-9(13)8-21-10-5-6-12(22(23)24)11(7-10)15(18,19)20/h1-7,14,21H,8H2. The second-order valence-corrected chi connectivity index (χ2v) is 4.83. The molecule has 0 aliphatic heterocycles. The summed E-state index contributed by atoms with van der Waals surface area (Å²) in [4.78, 5) is 9.58. The molecule has 0 saturated carbocycles. The van der Waals surface area contributed by atoms with E-state index in [2.05, 4.69) is 10.1 Å². The summed E-state index contributed by atoms with van der Waals surface area (Å²) >= 11 is 0. The Labute approximate surface area is 138 Å². The molecule has 0 bridgehead atoms. The first kappa shape index (κ1) is 18.4. The van der Waals surface area contributed by atoms with Crippen molar-refractivity contribution in [2.24, 2.45) is 0 Å². The Hall–Kier alpha value is -2.91. The van der Waals surface area contributed by atoms with Gasteiger partial charge in [0.2, 0.25) is 0 Å². The van der Waals surface area contributed by atoms with E-state index < -0.39 is 29.0 Å². The second kappa shape index (κ2) is 7.32. The number of halogens is 5. The molecule has 2 aromatic carbocycles. The molecule has 0 unspecified atom stereocenters. The molecule has 2 aromatic rings. The molecule has 0 aliphatic carbocycles. The maximum absolute atomic E-state index is 12.9. The van der Waals surface area contributed by atoms with Crippen LogP contribution in [-0.2, 0) is 12.7 Å². The quantitative estimate of drug-likeness (QED) is 0.454. The van der Waals surface area contributed by atoms with Gasteiger partial charge in [-0.3, -0.25) is 10.1 Å². The molecule has 0 atom stereocenters. The van der Waals surface area contributed by atoms with E-state index in [-0.39, 0.29) is 23.5 Å². The van der Waals surface area contributed by atoms with Gasteiger partial charge in [0.1, 0.15) is 11.3 Å². The number of nitro benzene ring substituents is 1. The lowest BCUT2D eigenvalue weighted by Crippen LogP contribution is -2.11. The van der Waals surface area contributed by atoms with Gasteiger partial charge in [-0.05, 0) is 18.2 Å². The van der Waals surface area contributed by atoms with Crippen LogP contribution in [0.25, 0.3) is 0 Å². The summed E-state index contributed by atoms with van der Waals surface area (Å²) in [6, 6.07) is 8.19. The summed E-state index contributed by atoms with van der Waals surface area (Å²) < 4.78 is 67.8. The molecule has 0 fully saturated rings. The molecule has 0 heterocycles. The first-order chi connectivity index (χ1) is 11.7. The zero-order valence-electron chi connectivity index (χ0n) is 12.4. The molecule has 2 rings (SSSR count). The van der Waals surface area contributed by atoms with Gasteiger partial charge >= 0.3 is 12.8 Å². The lowest BCUT2D eigenvalue weighted by Gasteiger charge is -2.13. The van der Waals surface area contributed by atoms with Crippen LogP contribution in [0.4, 0.5) is 33.3 Å². The summed E-state index contributed by atoms with van der Waals surface area (Å²) in [5, 5.41) is 13.3. The monoisotopic (exact) mass is 362 g/mol. The molecule has 0 radical (unpaired) electrons. The number of hydrogen-bond acceptors (Lipinski definition) is 4. The molecule has 0 aliphatic rings. The lowest BCUT2D eigenvalue weighted by atomic mass is 10.1. The van der Waals surface area contributed by atoms with E-state index >= 15 is 0 Å². The maximum atomic E-state index is 12.9. The van der Waals surface area contributed by atoms with Crippen molar-refractivity contribution in [3.8, 4) is 5.75 Å². The first-order valence-corrected chi connectivity index (χ1v) is 6.80. The number of nitrogens with zero attached hydrogens (tertiary/aromatic N) is 1. The van der Waals surface area contributed by atoms with Crippen LogP contribution in [0, 0.1) is 10.1 Å². The highest BCUT2D eigenvalue weighted by Gasteiger charge is 2.38. The summed E-state index contributed by atoms with van der Waals surface area (Å²) in [7, 11) is 0. The Balaban J connectivity index is 2.23. The van der Waals surface area contributed by atoms with Gasteiger partial charge < -0.3 is 10.1 Å². The van der Waals surface area contributed by atoms with Crippen LogP contribution in [-0.4, -0.2) is 11.5 Å². The highest BCUT2D eigenvalue weighted by atomic mass is 19.4. The van der Waals surface area contributed by atoms with E-state index in [9.17, 15) is 32.1 Å². The van der Waals surface area contributed by atoms with E-state index in [1.807, 2.05) is 0 Å². The Bertz CT molecular complexity index is 765. The van der Waals surface area contributed by atoms with Crippen molar-refractivity contribution in [1.82, 2.24) is 0 Å². The molecule has 134 valence electrons. The van der Waals surface area contributed by atoms with Gasteiger partial charge in [-0.15, -0.1) is 0 Å². The largest absolute Gasteiger partial charge is 0.434 e. The summed E-state index contributed by atoms with van der Waals surface area (Å²) in [6.07, 6.45) is -4.91.